The fourth-order valence-corrected chi connectivity index (χ4v) is 3.31. The van der Waals surface area contributed by atoms with Crippen LogP contribution in [0.5, 0.6) is 0 Å². The van der Waals surface area contributed by atoms with E-state index in [2.05, 4.69) is 0 Å². The highest BCUT2D eigenvalue weighted by atomic mass is 16.4. The van der Waals surface area contributed by atoms with Gasteiger partial charge in [0.15, 0.2) is 11.2 Å². The molecule has 0 aliphatic carbocycles. The molecule has 1 atom stereocenters. The van der Waals surface area contributed by atoms with Crippen molar-refractivity contribution in [1.29, 1.82) is 0 Å². The van der Waals surface area contributed by atoms with Crippen molar-refractivity contribution < 1.29 is 19.1 Å². The maximum absolute atomic E-state index is 13.0. The van der Waals surface area contributed by atoms with Crippen molar-refractivity contribution in [3.05, 3.63) is 81.7 Å². The number of carbonyl (C=O) groups is 2. The SMILES string of the molecule is O=C(O)C1Cc2ccccc2CN1C(=O)c1cc(=O)c2ccccc2o1. The Kier molecular flexibility index (Phi) is 3.80. The Morgan fingerprint density at radius 2 is 1.73 bits per heavy atom. The number of hydrogen-bond donors (Lipinski definition) is 1. The van der Waals surface area contributed by atoms with Crippen LogP contribution in [0.4, 0.5) is 0 Å². The van der Waals surface area contributed by atoms with Gasteiger partial charge in [0.2, 0.25) is 0 Å². The van der Waals surface area contributed by atoms with Gasteiger partial charge in [0.25, 0.3) is 5.91 Å². The molecule has 6 nitrogen and oxygen atoms in total. The van der Waals surface area contributed by atoms with Crippen LogP contribution in [0.1, 0.15) is 21.7 Å². The number of amides is 1. The van der Waals surface area contributed by atoms with E-state index in [0.717, 1.165) is 17.2 Å². The molecule has 0 saturated carbocycles. The second-order valence-corrected chi connectivity index (χ2v) is 6.23. The number of para-hydroxylation sites is 1. The monoisotopic (exact) mass is 349 g/mol. The minimum absolute atomic E-state index is 0.153. The molecule has 4 rings (SSSR count). The molecule has 3 aromatic rings. The summed E-state index contributed by atoms with van der Waals surface area (Å²) in [4.78, 5) is 38.2. The van der Waals surface area contributed by atoms with Gasteiger partial charge in [-0.3, -0.25) is 9.59 Å². The predicted octanol–water partition coefficient (Wildman–Crippen LogP) is 2.44. The van der Waals surface area contributed by atoms with E-state index in [1.165, 1.54) is 4.90 Å². The van der Waals surface area contributed by atoms with Crippen LogP contribution in [0.3, 0.4) is 0 Å². The number of carboxylic acid groups (broad SMARTS) is 1. The van der Waals surface area contributed by atoms with Crippen molar-refractivity contribution in [2.75, 3.05) is 0 Å². The second kappa shape index (κ2) is 6.15. The van der Waals surface area contributed by atoms with Gasteiger partial charge in [-0.2, -0.15) is 0 Å². The highest BCUT2D eigenvalue weighted by molar-refractivity contribution is 5.96. The number of benzene rings is 2. The van der Waals surface area contributed by atoms with E-state index in [0.29, 0.717) is 11.0 Å². The summed E-state index contributed by atoms with van der Waals surface area (Å²) >= 11 is 0. The number of rotatable bonds is 2. The minimum atomic E-state index is -1.09. The summed E-state index contributed by atoms with van der Waals surface area (Å²) in [5.41, 5.74) is 1.76. The molecule has 0 bridgehead atoms. The van der Waals surface area contributed by atoms with E-state index >= 15 is 0 Å². The normalized spacial score (nSPS) is 16.3. The lowest BCUT2D eigenvalue weighted by Crippen LogP contribution is -2.48. The van der Waals surface area contributed by atoms with Gasteiger partial charge >= 0.3 is 5.97 Å². The van der Waals surface area contributed by atoms with Crippen molar-refractivity contribution in [2.45, 2.75) is 19.0 Å². The Morgan fingerprint density at radius 1 is 1.04 bits per heavy atom. The number of hydrogen-bond acceptors (Lipinski definition) is 4. The lowest BCUT2D eigenvalue weighted by molar-refractivity contribution is -0.142. The second-order valence-electron chi connectivity index (χ2n) is 6.23. The molecule has 0 spiro atoms. The van der Waals surface area contributed by atoms with Crippen LogP contribution in [0.15, 0.2) is 63.8 Å². The third-order valence-electron chi connectivity index (χ3n) is 4.64. The highest BCUT2D eigenvalue weighted by Gasteiger charge is 2.36. The first kappa shape index (κ1) is 16.1. The summed E-state index contributed by atoms with van der Waals surface area (Å²) in [7, 11) is 0. The van der Waals surface area contributed by atoms with Crippen molar-refractivity contribution >= 4 is 22.8 Å². The van der Waals surface area contributed by atoms with Gasteiger partial charge in [-0.25, -0.2) is 4.79 Å². The zero-order chi connectivity index (χ0) is 18.3. The molecular weight excluding hydrogens is 334 g/mol. The van der Waals surface area contributed by atoms with Crippen LogP contribution in [-0.2, 0) is 17.8 Å². The molecule has 2 heterocycles. The molecule has 0 radical (unpaired) electrons. The largest absolute Gasteiger partial charge is 0.480 e. The molecule has 26 heavy (non-hydrogen) atoms. The van der Waals surface area contributed by atoms with E-state index in [4.69, 9.17) is 4.42 Å². The molecule has 0 fully saturated rings. The van der Waals surface area contributed by atoms with E-state index in [1.54, 1.807) is 24.3 Å². The Labute approximate surface area is 148 Å². The quantitative estimate of drug-likeness (QED) is 0.768. The standard InChI is InChI=1S/C20H15NO5/c22-16-10-18(26-17-8-4-3-7-14(16)17)19(23)21-11-13-6-2-1-5-12(13)9-15(21)20(24)25/h1-8,10,15H,9,11H2,(H,24,25). The molecule has 0 saturated heterocycles. The summed E-state index contributed by atoms with van der Waals surface area (Å²) in [6, 6.07) is 14.2. The molecule has 130 valence electrons. The number of fused-ring (bicyclic) bond motifs is 2. The number of nitrogens with zero attached hydrogens (tertiary/aromatic N) is 1. The van der Waals surface area contributed by atoms with E-state index < -0.39 is 17.9 Å². The zero-order valence-electron chi connectivity index (χ0n) is 13.7. The molecule has 1 unspecified atom stereocenters. The average Bonchev–Trinajstić information content (AvgIpc) is 2.66. The molecule has 1 amide bonds. The maximum atomic E-state index is 13.0. The molecule has 1 aliphatic rings. The van der Waals surface area contributed by atoms with Gasteiger partial charge in [0.1, 0.15) is 11.6 Å². The van der Waals surface area contributed by atoms with Crippen LogP contribution in [0.2, 0.25) is 0 Å². The van der Waals surface area contributed by atoms with E-state index in [9.17, 15) is 19.5 Å². The van der Waals surface area contributed by atoms with Gasteiger partial charge < -0.3 is 14.4 Å². The third kappa shape index (κ3) is 2.65. The van der Waals surface area contributed by atoms with Crippen LogP contribution in [-0.4, -0.2) is 27.9 Å². The van der Waals surface area contributed by atoms with Crippen LogP contribution < -0.4 is 5.43 Å². The number of carbonyl (C=O) groups excluding carboxylic acids is 1. The minimum Gasteiger partial charge on any atom is -0.480 e. The van der Waals surface area contributed by atoms with Gasteiger partial charge in [-0.05, 0) is 23.3 Å². The fraction of sp³-hybridized carbons (Fsp3) is 0.150. The third-order valence-corrected chi connectivity index (χ3v) is 4.64. The number of aliphatic carboxylic acids is 1. The topological polar surface area (TPSA) is 87.8 Å². The van der Waals surface area contributed by atoms with Crippen LogP contribution >= 0.6 is 0 Å². The Bertz CT molecular complexity index is 1080. The van der Waals surface area contributed by atoms with E-state index in [1.807, 2.05) is 24.3 Å². The first-order valence-electron chi connectivity index (χ1n) is 8.18. The smallest absolute Gasteiger partial charge is 0.326 e. The fourth-order valence-electron chi connectivity index (χ4n) is 3.31. The average molecular weight is 349 g/mol. The Hall–Kier alpha value is -3.41. The summed E-state index contributed by atoms with van der Waals surface area (Å²) in [5.74, 6) is -1.84. The summed E-state index contributed by atoms with van der Waals surface area (Å²) in [5, 5.41) is 9.95. The predicted molar refractivity (Wildman–Crippen MR) is 93.9 cm³/mol. The first-order valence-corrected chi connectivity index (χ1v) is 8.18. The summed E-state index contributed by atoms with van der Waals surface area (Å²) < 4.78 is 5.59. The molecular formula is C20H15NO5. The lowest BCUT2D eigenvalue weighted by Gasteiger charge is -2.34. The maximum Gasteiger partial charge on any atom is 0.326 e. The van der Waals surface area contributed by atoms with Crippen molar-refractivity contribution in [1.82, 2.24) is 4.90 Å². The van der Waals surface area contributed by atoms with Gasteiger partial charge in [-0.1, -0.05) is 36.4 Å². The molecule has 2 aromatic carbocycles. The highest BCUT2D eigenvalue weighted by Crippen LogP contribution is 2.25. The lowest BCUT2D eigenvalue weighted by atomic mass is 9.93. The summed E-state index contributed by atoms with van der Waals surface area (Å²) in [6.07, 6.45) is 0.217. The van der Waals surface area contributed by atoms with Crippen molar-refractivity contribution in [3.8, 4) is 0 Å². The van der Waals surface area contributed by atoms with Gasteiger partial charge in [-0.15, -0.1) is 0 Å². The molecule has 1 N–H and O–H groups in total. The van der Waals surface area contributed by atoms with Gasteiger partial charge in [0.05, 0.1) is 5.39 Å². The molecule has 6 heteroatoms. The van der Waals surface area contributed by atoms with Crippen molar-refractivity contribution in [2.24, 2.45) is 0 Å². The number of carboxylic acids is 1. The zero-order valence-corrected chi connectivity index (χ0v) is 13.7. The Balaban J connectivity index is 1.77. The first-order chi connectivity index (χ1) is 12.5. The van der Waals surface area contributed by atoms with Crippen molar-refractivity contribution in [3.63, 3.8) is 0 Å². The van der Waals surface area contributed by atoms with Crippen LogP contribution in [0, 0.1) is 0 Å². The molecule has 1 aromatic heterocycles. The van der Waals surface area contributed by atoms with E-state index in [-0.39, 0.29) is 24.2 Å². The van der Waals surface area contributed by atoms with Gasteiger partial charge in [0, 0.05) is 19.0 Å². The molecule has 1 aliphatic heterocycles. The summed E-state index contributed by atoms with van der Waals surface area (Å²) in [6.45, 7) is 0.155. The Morgan fingerprint density at radius 3 is 2.50 bits per heavy atom. The van der Waals surface area contributed by atoms with Crippen LogP contribution in [0.25, 0.3) is 11.0 Å².